The van der Waals surface area contributed by atoms with Crippen molar-refractivity contribution in [3.05, 3.63) is 41.0 Å². The lowest BCUT2D eigenvalue weighted by Crippen LogP contribution is -2.58. The molecule has 3 N–H and O–H groups in total. The normalized spacial score (nSPS) is 21.1. The fourth-order valence-corrected chi connectivity index (χ4v) is 6.42. The molecule has 2 aliphatic carbocycles. The van der Waals surface area contributed by atoms with Crippen molar-refractivity contribution < 1.29 is 32.9 Å². The van der Waals surface area contributed by atoms with E-state index >= 15 is 4.39 Å². The van der Waals surface area contributed by atoms with Crippen LogP contribution < -0.4 is 16.0 Å². The Hall–Kier alpha value is -3.91. The number of hydrogen-bond donors (Lipinski definition) is 3. The minimum Gasteiger partial charge on any atom is -0.372 e. The van der Waals surface area contributed by atoms with Gasteiger partial charge in [0.05, 0.1) is 5.69 Å². The number of likely N-dealkylation sites (N-methyl/N-ethyl adjacent to an activating group) is 1. The summed E-state index contributed by atoms with van der Waals surface area (Å²) in [5.41, 5.74) is 0.722. The van der Waals surface area contributed by atoms with Gasteiger partial charge >= 0.3 is 0 Å². The summed E-state index contributed by atoms with van der Waals surface area (Å²) in [6.07, 6.45) is 3.10. The molecule has 4 amide bonds. The predicted octanol–water partition coefficient (Wildman–Crippen LogP) is 2.48. The highest BCUT2D eigenvalue weighted by Crippen LogP contribution is 2.51. The number of carbonyl (C=O) groups is 4. The van der Waals surface area contributed by atoms with Gasteiger partial charge in [-0.2, -0.15) is 0 Å². The van der Waals surface area contributed by atoms with Crippen LogP contribution in [0.1, 0.15) is 74.1 Å². The summed E-state index contributed by atoms with van der Waals surface area (Å²) < 4.78 is 25.6. The van der Waals surface area contributed by atoms with Gasteiger partial charge in [0.15, 0.2) is 5.69 Å². The fraction of sp³-hybridized carbons (Fsp3) is 0.636. The van der Waals surface area contributed by atoms with Crippen molar-refractivity contribution in [3.8, 4) is 0 Å². The van der Waals surface area contributed by atoms with E-state index in [2.05, 4.69) is 35.8 Å². The predicted molar refractivity (Wildman–Crippen MR) is 170 cm³/mol. The van der Waals surface area contributed by atoms with E-state index in [9.17, 15) is 19.2 Å². The minimum atomic E-state index is -0.970. The number of hydrogen-bond acceptors (Lipinski definition) is 9. The average molecular weight is 656 g/mol. The maximum absolute atomic E-state index is 15.7. The molecule has 2 aromatic rings. The molecule has 0 unspecified atom stereocenters. The summed E-state index contributed by atoms with van der Waals surface area (Å²) in [6, 6.07) is 2.63. The first kappa shape index (κ1) is 34.4. The molecule has 0 bridgehead atoms. The van der Waals surface area contributed by atoms with Crippen LogP contribution in [-0.2, 0) is 19.1 Å². The first-order chi connectivity index (χ1) is 22.4. The van der Waals surface area contributed by atoms with E-state index in [0.717, 1.165) is 25.7 Å². The molecule has 3 aliphatic rings. The zero-order chi connectivity index (χ0) is 34.0. The highest BCUT2D eigenvalue weighted by Gasteiger charge is 2.48. The molecule has 1 aliphatic heterocycles. The van der Waals surface area contributed by atoms with E-state index in [4.69, 9.17) is 4.74 Å². The van der Waals surface area contributed by atoms with Gasteiger partial charge in [0.2, 0.25) is 17.7 Å². The Kier molecular flexibility index (Phi) is 10.6. The van der Waals surface area contributed by atoms with Crippen molar-refractivity contribution in [2.75, 3.05) is 39.1 Å². The van der Waals surface area contributed by atoms with Gasteiger partial charge in [-0.1, -0.05) is 18.1 Å². The molecule has 3 fully saturated rings. The summed E-state index contributed by atoms with van der Waals surface area (Å²) >= 11 is 0. The Morgan fingerprint density at radius 3 is 2.23 bits per heavy atom. The van der Waals surface area contributed by atoms with Crippen LogP contribution in [0, 0.1) is 30.5 Å². The van der Waals surface area contributed by atoms with Crippen LogP contribution in [0.2, 0.25) is 0 Å². The summed E-state index contributed by atoms with van der Waals surface area (Å²) in [5.74, 6) is -2.58. The first-order valence-corrected chi connectivity index (χ1v) is 16.4. The van der Waals surface area contributed by atoms with Crippen LogP contribution in [0.3, 0.4) is 0 Å². The van der Waals surface area contributed by atoms with Crippen molar-refractivity contribution in [2.24, 2.45) is 17.8 Å². The number of benzene rings is 1. The monoisotopic (exact) mass is 655 g/mol. The number of carbonyl (C=O) groups excluding carboxylic acids is 4. The number of ether oxygens (including phenoxy) is 1. The van der Waals surface area contributed by atoms with Crippen LogP contribution in [0.25, 0.3) is 0 Å². The number of anilines is 1. The van der Waals surface area contributed by atoms with E-state index in [1.54, 1.807) is 31.7 Å². The quantitative estimate of drug-likeness (QED) is 0.295. The molecule has 0 spiro atoms. The van der Waals surface area contributed by atoms with Crippen LogP contribution in [0.15, 0.2) is 22.8 Å². The number of rotatable bonds is 13. The topological polar surface area (TPSA) is 159 Å². The van der Waals surface area contributed by atoms with Crippen molar-refractivity contribution in [2.45, 2.75) is 83.5 Å². The number of aromatic nitrogens is 2. The van der Waals surface area contributed by atoms with Gasteiger partial charge in [-0.15, -0.1) is 0 Å². The summed E-state index contributed by atoms with van der Waals surface area (Å²) in [5, 5.41) is 15.7. The van der Waals surface area contributed by atoms with Gasteiger partial charge in [-0.25, -0.2) is 9.02 Å². The molecular weight excluding hydrogens is 609 g/mol. The average Bonchev–Trinajstić information content (AvgIpc) is 4.00. The van der Waals surface area contributed by atoms with Crippen LogP contribution in [0.4, 0.5) is 10.1 Å². The molecule has 47 heavy (non-hydrogen) atoms. The Morgan fingerprint density at radius 1 is 1.00 bits per heavy atom. The second kappa shape index (κ2) is 14.5. The highest BCUT2D eigenvalue weighted by atomic mass is 19.1. The third kappa shape index (κ3) is 7.98. The molecule has 1 saturated heterocycles. The lowest BCUT2D eigenvalue weighted by Gasteiger charge is -2.40. The maximum atomic E-state index is 15.7. The minimum absolute atomic E-state index is 0.000202. The summed E-state index contributed by atoms with van der Waals surface area (Å²) in [4.78, 5) is 57.4. The van der Waals surface area contributed by atoms with E-state index < -0.39 is 47.6 Å². The number of piperazine rings is 1. The van der Waals surface area contributed by atoms with Gasteiger partial charge < -0.3 is 30.5 Å². The Labute approximate surface area is 274 Å². The Bertz CT molecular complexity index is 1460. The van der Waals surface area contributed by atoms with E-state index in [-0.39, 0.29) is 29.2 Å². The smallest absolute Gasteiger partial charge is 0.276 e. The molecule has 2 heterocycles. The molecule has 256 valence electrons. The lowest BCUT2D eigenvalue weighted by molar-refractivity contribution is -0.141. The van der Waals surface area contributed by atoms with Crippen molar-refractivity contribution in [1.29, 1.82) is 0 Å². The van der Waals surface area contributed by atoms with Crippen molar-refractivity contribution >= 4 is 29.3 Å². The number of methoxy groups -OCH3 is 1. The molecule has 1 aromatic heterocycles. The Balaban J connectivity index is 1.35. The molecule has 13 nitrogen and oxygen atoms in total. The van der Waals surface area contributed by atoms with Gasteiger partial charge in [0, 0.05) is 38.7 Å². The lowest BCUT2D eigenvalue weighted by atomic mass is 9.88. The third-order valence-electron chi connectivity index (χ3n) is 9.99. The van der Waals surface area contributed by atoms with Gasteiger partial charge in [-0.3, -0.25) is 19.2 Å². The van der Waals surface area contributed by atoms with E-state index in [0.29, 0.717) is 42.7 Å². The van der Waals surface area contributed by atoms with Crippen LogP contribution in [-0.4, -0.2) is 102 Å². The second-order valence-electron chi connectivity index (χ2n) is 13.4. The Morgan fingerprint density at radius 2 is 1.68 bits per heavy atom. The summed E-state index contributed by atoms with van der Waals surface area (Å²) in [7, 11) is 3.41. The second-order valence-corrected chi connectivity index (χ2v) is 13.4. The molecular formula is C33H46FN7O6. The highest BCUT2D eigenvalue weighted by molar-refractivity contribution is 6.01. The standard InChI is InChI=1S/C33H46FN7O6/c1-17-16-41(14-13-40(17)5)33(45)27(36-30(42)20(4)46-6)18(2)23-11-12-25(24(34)15-23)35-32(44)29(26(21-7-8-21)22-9-10-22)37-31(43)28-19(3)38-47-39-28/h11-12,15,17-18,20-22,26-27,29H,7-10,13-14,16H2,1-6H3,(H,35,44)(H,36,42)(H,37,43)/t17-,18+,20+,27-,29+/m1/s1. The summed E-state index contributed by atoms with van der Waals surface area (Å²) in [6.45, 7) is 8.67. The van der Waals surface area contributed by atoms with Gasteiger partial charge in [0.1, 0.15) is 29.7 Å². The van der Waals surface area contributed by atoms with E-state index in [1.165, 1.54) is 19.2 Å². The first-order valence-electron chi connectivity index (χ1n) is 16.4. The van der Waals surface area contributed by atoms with Crippen molar-refractivity contribution in [1.82, 2.24) is 30.7 Å². The largest absolute Gasteiger partial charge is 0.372 e. The number of nitrogens with zero attached hydrogens (tertiary/aromatic N) is 4. The van der Waals surface area contributed by atoms with Crippen molar-refractivity contribution in [3.63, 3.8) is 0 Å². The molecule has 1 aromatic carbocycles. The number of amides is 4. The molecule has 2 saturated carbocycles. The fourth-order valence-electron chi connectivity index (χ4n) is 6.42. The molecule has 0 radical (unpaired) electrons. The van der Waals surface area contributed by atoms with E-state index in [1.807, 2.05) is 14.0 Å². The zero-order valence-electron chi connectivity index (χ0n) is 27.9. The van der Waals surface area contributed by atoms with Crippen LogP contribution >= 0.6 is 0 Å². The molecule has 5 atom stereocenters. The van der Waals surface area contributed by atoms with Gasteiger partial charge in [-0.05, 0) is 94.1 Å². The number of aryl methyl sites for hydroxylation is 1. The maximum Gasteiger partial charge on any atom is 0.276 e. The molecule has 5 rings (SSSR count). The zero-order valence-corrected chi connectivity index (χ0v) is 27.9. The van der Waals surface area contributed by atoms with Gasteiger partial charge in [0.25, 0.3) is 5.91 Å². The number of nitrogens with one attached hydrogen (secondary N) is 3. The van der Waals surface area contributed by atoms with Crippen LogP contribution in [0.5, 0.6) is 0 Å². The molecule has 14 heteroatoms. The number of halogens is 1. The SMILES string of the molecule is CO[C@@H](C)C(=O)N[C@@H](C(=O)N1CCN(C)[C@H](C)C1)[C@@H](C)c1ccc(NC(=O)[C@@H](NC(=O)c2nonc2C)C(C2CC2)C2CC2)c(F)c1. The third-order valence-corrected chi connectivity index (χ3v) is 9.99.